The molecule has 31 heavy (non-hydrogen) atoms. The number of nitrogens with zero attached hydrogens (tertiary/aromatic N) is 3. The van der Waals surface area contributed by atoms with Gasteiger partial charge in [0.05, 0.1) is 18.5 Å². The quantitative estimate of drug-likeness (QED) is 0.372. The molecule has 0 saturated carbocycles. The molecule has 8 heteroatoms. The summed E-state index contributed by atoms with van der Waals surface area (Å²) in [4.78, 5) is 17.5. The zero-order valence-electron chi connectivity index (χ0n) is 16.8. The van der Waals surface area contributed by atoms with Crippen molar-refractivity contribution in [1.82, 2.24) is 14.8 Å². The van der Waals surface area contributed by atoms with Crippen LogP contribution < -0.4 is 10.1 Å². The van der Waals surface area contributed by atoms with Crippen LogP contribution in [0.3, 0.4) is 0 Å². The molecule has 4 rings (SSSR count). The van der Waals surface area contributed by atoms with Gasteiger partial charge in [0.25, 0.3) is 5.91 Å². The Morgan fingerprint density at radius 1 is 1.10 bits per heavy atom. The molecule has 0 atom stereocenters. The predicted molar refractivity (Wildman–Crippen MR) is 125 cm³/mol. The standard InChI is InChI=1S/C23H18BrClN4O2/c1-14-7-12-17(13-18(14)25)29-22(15-8-10-16(24)11-9-15)27-21(28-29)23(30)26-19-5-3-4-6-20(19)31-2/h3-13H,1-2H3,(H,26,30). The van der Waals surface area contributed by atoms with E-state index in [0.717, 1.165) is 15.6 Å². The summed E-state index contributed by atoms with van der Waals surface area (Å²) in [6.45, 7) is 1.93. The first-order valence-corrected chi connectivity index (χ1v) is 10.6. The van der Waals surface area contributed by atoms with Crippen LogP contribution in [0.4, 0.5) is 5.69 Å². The summed E-state index contributed by atoms with van der Waals surface area (Å²) in [5, 5.41) is 7.91. The maximum absolute atomic E-state index is 12.9. The van der Waals surface area contributed by atoms with Gasteiger partial charge < -0.3 is 10.1 Å². The normalized spacial score (nSPS) is 10.7. The van der Waals surface area contributed by atoms with Crippen LogP contribution in [0.5, 0.6) is 5.75 Å². The first-order chi connectivity index (χ1) is 15.0. The first kappa shape index (κ1) is 21.1. The summed E-state index contributed by atoms with van der Waals surface area (Å²) < 4.78 is 7.86. The molecule has 0 saturated heterocycles. The van der Waals surface area contributed by atoms with Crippen molar-refractivity contribution >= 4 is 39.1 Å². The second-order valence-corrected chi connectivity index (χ2v) is 8.09. The number of hydrogen-bond acceptors (Lipinski definition) is 4. The molecule has 0 unspecified atom stereocenters. The lowest BCUT2D eigenvalue weighted by Crippen LogP contribution is -2.15. The number of carbonyl (C=O) groups excluding carboxylic acids is 1. The summed E-state index contributed by atoms with van der Waals surface area (Å²) >= 11 is 9.77. The third-order valence-corrected chi connectivity index (χ3v) is 5.60. The third kappa shape index (κ3) is 4.47. The van der Waals surface area contributed by atoms with E-state index in [1.54, 1.807) is 30.0 Å². The van der Waals surface area contributed by atoms with E-state index in [1.165, 1.54) is 0 Å². The van der Waals surface area contributed by atoms with E-state index in [9.17, 15) is 4.79 Å². The Bertz CT molecular complexity index is 1250. The van der Waals surface area contributed by atoms with Crippen LogP contribution in [-0.4, -0.2) is 27.8 Å². The molecule has 1 aromatic heterocycles. The lowest BCUT2D eigenvalue weighted by molar-refractivity contribution is 0.101. The van der Waals surface area contributed by atoms with E-state index in [4.69, 9.17) is 16.3 Å². The fourth-order valence-corrected chi connectivity index (χ4v) is 3.45. The van der Waals surface area contributed by atoms with Gasteiger partial charge in [-0.3, -0.25) is 4.79 Å². The van der Waals surface area contributed by atoms with E-state index in [2.05, 4.69) is 31.3 Å². The zero-order valence-corrected chi connectivity index (χ0v) is 19.1. The fourth-order valence-electron chi connectivity index (χ4n) is 3.01. The highest BCUT2D eigenvalue weighted by Gasteiger charge is 2.20. The number of methoxy groups -OCH3 is 1. The molecule has 0 radical (unpaired) electrons. The van der Waals surface area contributed by atoms with Crippen molar-refractivity contribution in [1.29, 1.82) is 0 Å². The Hall–Kier alpha value is -3.16. The predicted octanol–water partition coefficient (Wildman–Crippen LogP) is 5.92. The molecular weight excluding hydrogens is 480 g/mol. The minimum Gasteiger partial charge on any atom is -0.495 e. The molecule has 0 aliphatic heterocycles. The van der Waals surface area contributed by atoms with Gasteiger partial charge >= 0.3 is 0 Å². The second kappa shape index (κ2) is 8.91. The molecule has 4 aromatic rings. The van der Waals surface area contributed by atoms with Gasteiger partial charge in [0, 0.05) is 15.1 Å². The number of rotatable bonds is 5. The van der Waals surface area contributed by atoms with Crippen molar-refractivity contribution in [2.45, 2.75) is 6.92 Å². The van der Waals surface area contributed by atoms with Gasteiger partial charge in [0.1, 0.15) is 5.75 Å². The van der Waals surface area contributed by atoms with Crippen LogP contribution in [0, 0.1) is 6.92 Å². The topological polar surface area (TPSA) is 69.0 Å². The number of carbonyl (C=O) groups is 1. The maximum atomic E-state index is 12.9. The molecule has 6 nitrogen and oxygen atoms in total. The van der Waals surface area contributed by atoms with Crippen LogP contribution in [0.25, 0.3) is 17.1 Å². The number of anilines is 1. The Morgan fingerprint density at radius 2 is 1.84 bits per heavy atom. The van der Waals surface area contributed by atoms with Crippen molar-refractivity contribution < 1.29 is 9.53 Å². The van der Waals surface area contributed by atoms with Crippen molar-refractivity contribution in [3.63, 3.8) is 0 Å². The molecule has 0 spiro atoms. The van der Waals surface area contributed by atoms with Gasteiger partial charge in [-0.1, -0.05) is 57.9 Å². The maximum Gasteiger partial charge on any atom is 0.295 e. The van der Waals surface area contributed by atoms with Gasteiger partial charge in [-0.25, -0.2) is 9.67 Å². The average molecular weight is 498 g/mol. The highest BCUT2D eigenvalue weighted by Crippen LogP contribution is 2.27. The minimum atomic E-state index is -0.445. The van der Waals surface area contributed by atoms with Gasteiger partial charge in [0.15, 0.2) is 5.82 Å². The summed E-state index contributed by atoms with van der Waals surface area (Å²) in [6.07, 6.45) is 0. The largest absolute Gasteiger partial charge is 0.495 e. The molecule has 0 aliphatic rings. The number of halogens is 2. The Kier molecular flexibility index (Phi) is 6.06. The van der Waals surface area contributed by atoms with Crippen molar-refractivity contribution in [2.24, 2.45) is 0 Å². The molecule has 1 amide bonds. The molecular formula is C23H18BrClN4O2. The number of aromatic nitrogens is 3. The monoisotopic (exact) mass is 496 g/mol. The summed E-state index contributed by atoms with van der Waals surface area (Å²) in [5.74, 6) is 0.659. The highest BCUT2D eigenvalue weighted by molar-refractivity contribution is 9.10. The average Bonchev–Trinajstić information content (AvgIpc) is 3.22. The SMILES string of the molecule is COc1ccccc1NC(=O)c1nc(-c2ccc(Br)cc2)n(-c2ccc(C)c(Cl)c2)n1. The molecule has 0 aliphatic carbocycles. The van der Waals surface area contributed by atoms with Crippen LogP contribution in [0.15, 0.2) is 71.2 Å². The molecule has 1 heterocycles. The number of aryl methyl sites for hydroxylation is 1. The van der Waals surface area contributed by atoms with Gasteiger partial charge in [-0.15, -0.1) is 5.10 Å². The van der Waals surface area contributed by atoms with Gasteiger partial charge in [0.2, 0.25) is 5.82 Å². The molecule has 0 fully saturated rings. The van der Waals surface area contributed by atoms with Crippen molar-refractivity contribution in [2.75, 3.05) is 12.4 Å². The molecule has 3 aromatic carbocycles. The lowest BCUT2D eigenvalue weighted by atomic mass is 10.2. The highest BCUT2D eigenvalue weighted by atomic mass is 79.9. The number of nitrogens with one attached hydrogen (secondary N) is 1. The van der Waals surface area contributed by atoms with Gasteiger partial charge in [-0.2, -0.15) is 0 Å². The smallest absolute Gasteiger partial charge is 0.295 e. The molecule has 0 bridgehead atoms. The molecule has 1 N–H and O–H groups in total. The number of para-hydroxylation sites is 2. The molecule has 156 valence electrons. The van der Waals surface area contributed by atoms with Gasteiger partial charge in [-0.05, 0) is 48.9 Å². The Balaban J connectivity index is 1.78. The van der Waals surface area contributed by atoms with E-state index >= 15 is 0 Å². The van der Waals surface area contributed by atoms with E-state index in [1.807, 2.05) is 55.5 Å². The lowest BCUT2D eigenvalue weighted by Gasteiger charge is -2.08. The van der Waals surface area contributed by atoms with Crippen molar-refractivity contribution in [3.8, 4) is 22.8 Å². The first-order valence-electron chi connectivity index (χ1n) is 9.40. The number of benzene rings is 3. The summed E-state index contributed by atoms with van der Waals surface area (Å²) in [6, 6.07) is 20.4. The third-order valence-electron chi connectivity index (χ3n) is 4.67. The number of hydrogen-bond donors (Lipinski definition) is 1. The zero-order chi connectivity index (χ0) is 22.0. The number of amides is 1. The van der Waals surface area contributed by atoms with Crippen LogP contribution in [0.2, 0.25) is 5.02 Å². The minimum absolute atomic E-state index is 0.0283. The summed E-state index contributed by atoms with van der Waals surface area (Å²) in [7, 11) is 1.55. The number of ether oxygens (including phenoxy) is 1. The van der Waals surface area contributed by atoms with Crippen LogP contribution in [-0.2, 0) is 0 Å². The van der Waals surface area contributed by atoms with Crippen LogP contribution in [0.1, 0.15) is 16.2 Å². The Labute approximate surface area is 193 Å². The Morgan fingerprint density at radius 3 is 2.55 bits per heavy atom. The van der Waals surface area contributed by atoms with E-state index in [0.29, 0.717) is 28.0 Å². The van der Waals surface area contributed by atoms with E-state index < -0.39 is 5.91 Å². The van der Waals surface area contributed by atoms with Crippen molar-refractivity contribution in [3.05, 3.63) is 87.6 Å². The van der Waals surface area contributed by atoms with Crippen LogP contribution >= 0.6 is 27.5 Å². The second-order valence-electron chi connectivity index (χ2n) is 6.77. The summed E-state index contributed by atoms with van der Waals surface area (Å²) in [5.41, 5.74) is 3.00. The fraction of sp³-hybridized carbons (Fsp3) is 0.0870. The van der Waals surface area contributed by atoms with E-state index in [-0.39, 0.29) is 5.82 Å².